The predicted octanol–water partition coefficient (Wildman–Crippen LogP) is 2.41. The summed E-state index contributed by atoms with van der Waals surface area (Å²) in [5.41, 5.74) is 2.19. The van der Waals surface area contributed by atoms with Gasteiger partial charge in [0.2, 0.25) is 0 Å². The molecule has 0 aliphatic rings. The number of rotatable bonds is 7. The van der Waals surface area contributed by atoms with Crippen molar-refractivity contribution < 1.29 is 5.11 Å². The predicted molar refractivity (Wildman–Crippen MR) is 86.7 cm³/mol. The Hall–Kier alpha value is -2.01. The van der Waals surface area contributed by atoms with Crippen molar-refractivity contribution in [1.82, 2.24) is 9.55 Å². The number of imidazole rings is 1. The Labute approximate surface area is 126 Å². The first-order valence-electron chi connectivity index (χ1n) is 7.35. The number of likely N-dealkylation sites (N-methyl/N-ethyl adjacent to an activating group) is 1. The molecular formula is C16H24N4O. The van der Waals surface area contributed by atoms with Gasteiger partial charge in [-0.05, 0) is 38.1 Å². The number of anilines is 2. The molecule has 1 heterocycles. The summed E-state index contributed by atoms with van der Waals surface area (Å²) in [4.78, 5) is 6.50. The summed E-state index contributed by atoms with van der Waals surface area (Å²) in [5.74, 6) is 1.01. The van der Waals surface area contributed by atoms with E-state index in [0.717, 1.165) is 23.7 Å². The third-order valence-electron chi connectivity index (χ3n) is 3.61. The molecule has 114 valence electrons. The molecule has 5 nitrogen and oxygen atoms in total. The smallest absolute Gasteiger partial charge is 0.130 e. The Kier molecular flexibility index (Phi) is 5.22. The molecule has 0 amide bonds. The minimum atomic E-state index is 0.149. The van der Waals surface area contributed by atoms with E-state index in [-0.39, 0.29) is 12.6 Å². The van der Waals surface area contributed by atoms with Gasteiger partial charge in [0.05, 0.1) is 12.6 Å². The van der Waals surface area contributed by atoms with Crippen LogP contribution in [0.25, 0.3) is 0 Å². The van der Waals surface area contributed by atoms with Crippen LogP contribution in [-0.4, -0.2) is 34.4 Å². The van der Waals surface area contributed by atoms with Crippen molar-refractivity contribution in [3.8, 4) is 0 Å². The van der Waals surface area contributed by atoms with E-state index in [4.69, 9.17) is 5.11 Å². The maximum atomic E-state index is 9.07. The van der Waals surface area contributed by atoms with Gasteiger partial charge in [0.15, 0.2) is 0 Å². The van der Waals surface area contributed by atoms with Crippen LogP contribution < -0.4 is 10.2 Å². The molecule has 0 aliphatic heterocycles. The lowest BCUT2D eigenvalue weighted by molar-refractivity contribution is 0.302. The lowest BCUT2D eigenvalue weighted by Gasteiger charge is -2.22. The highest BCUT2D eigenvalue weighted by Gasteiger charge is 2.10. The van der Waals surface area contributed by atoms with Crippen LogP contribution in [0.15, 0.2) is 36.7 Å². The standard InChI is InChI=1S/C16H24N4O/c1-4-20(11-12-21)15-7-5-14(6-8-15)18-13(2)16-17-9-10-19(16)3/h5-10,13,18,21H,4,11-12H2,1-3H3. The highest BCUT2D eigenvalue weighted by Crippen LogP contribution is 2.21. The summed E-state index contributed by atoms with van der Waals surface area (Å²) in [6.07, 6.45) is 3.76. The largest absolute Gasteiger partial charge is 0.395 e. The summed E-state index contributed by atoms with van der Waals surface area (Å²) >= 11 is 0. The van der Waals surface area contributed by atoms with E-state index in [1.54, 1.807) is 0 Å². The third kappa shape index (κ3) is 3.76. The molecule has 0 radical (unpaired) electrons. The summed E-state index contributed by atoms with van der Waals surface area (Å²) in [7, 11) is 2.00. The van der Waals surface area contributed by atoms with Crippen LogP contribution in [-0.2, 0) is 7.05 Å². The number of nitrogens with zero attached hydrogens (tertiary/aromatic N) is 3. The SMILES string of the molecule is CCN(CCO)c1ccc(NC(C)c2nccn2C)cc1. The number of aromatic nitrogens is 2. The second kappa shape index (κ2) is 7.13. The fraction of sp³-hybridized carbons (Fsp3) is 0.438. The second-order valence-electron chi connectivity index (χ2n) is 5.11. The molecule has 0 fully saturated rings. The topological polar surface area (TPSA) is 53.3 Å². The Morgan fingerprint density at radius 1 is 1.33 bits per heavy atom. The van der Waals surface area contributed by atoms with Crippen molar-refractivity contribution in [1.29, 1.82) is 0 Å². The van der Waals surface area contributed by atoms with E-state index >= 15 is 0 Å². The minimum absolute atomic E-state index is 0.149. The number of benzene rings is 1. The van der Waals surface area contributed by atoms with Gasteiger partial charge in [-0.2, -0.15) is 0 Å². The number of aryl methyl sites for hydroxylation is 1. The quantitative estimate of drug-likeness (QED) is 0.821. The Morgan fingerprint density at radius 2 is 2.05 bits per heavy atom. The molecule has 0 saturated carbocycles. The number of hydrogen-bond acceptors (Lipinski definition) is 4. The van der Waals surface area contributed by atoms with Crippen LogP contribution in [0.5, 0.6) is 0 Å². The van der Waals surface area contributed by atoms with Crippen molar-refractivity contribution in [2.75, 3.05) is 29.9 Å². The zero-order chi connectivity index (χ0) is 15.2. The van der Waals surface area contributed by atoms with Crippen molar-refractivity contribution in [3.63, 3.8) is 0 Å². The van der Waals surface area contributed by atoms with Gasteiger partial charge in [-0.15, -0.1) is 0 Å². The first kappa shape index (κ1) is 15.4. The molecule has 1 aromatic carbocycles. The average molecular weight is 288 g/mol. The maximum Gasteiger partial charge on any atom is 0.130 e. The molecule has 2 N–H and O–H groups in total. The molecule has 0 aliphatic carbocycles. The number of hydrogen-bond donors (Lipinski definition) is 2. The summed E-state index contributed by atoms with van der Waals surface area (Å²) in [6, 6.07) is 8.43. The first-order chi connectivity index (χ1) is 10.2. The van der Waals surface area contributed by atoms with Crippen molar-refractivity contribution in [3.05, 3.63) is 42.5 Å². The van der Waals surface area contributed by atoms with Gasteiger partial charge < -0.3 is 19.9 Å². The Bertz CT molecular complexity index is 550. The van der Waals surface area contributed by atoms with Crippen LogP contribution in [0, 0.1) is 0 Å². The van der Waals surface area contributed by atoms with Crippen LogP contribution in [0.4, 0.5) is 11.4 Å². The van der Waals surface area contributed by atoms with Crippen molar-refractivity contribution in [2.24, 2.45) is 7.05 Å². The van der Waals surface area contributed by atoms with E-state index in [1.165, 1.54) is 0 Å². The molecule has 5 heteroatoms. The first-order valence-corrected chi connectivity index (χ1v) is 7.35. The molecule has 0 saturated heterocycles. The van der Waals surface area contributed by atoms with Gasteiger partial charge in [-0.25, -0.2) is 4.98 Å². The van der Waals surface area contributed by atoms with E-state index in [2.05, 4.69) is 53.3 Å². The molecule has 1 unspecified atom stereocenters. The summed E-state index contributed by atoms with van der Waals surface area (Å²) in [6.45, 7) is 5.90. The highest BCUT2D eigenvalue weighted by molar-refractivity contribution is 5.55. The second-order valence-corrected chi connectivity index (χ2v) is 5.11. The molecule has 2 aromatic rings. The van der Waals surface area contributed by atoms with E-state index in [0.29, 0.717) is 6.54 Å². The van der Waals surface area contributed by atoms with Crippen molar-refractivity contribution in [2.45, 2.75) is 19.9 Å². The molecule has 0 bridgehead atoms. The molecule has 1 atom stereocenters. The summed E-state index contributed by atoms with van der Waals surface area (Å²) < 4.78 is 2.02. The zero-order valence-corrected chi connectivity index (χ0v) is 13.0. The zero-order valence-electron chi connectivity index (χ0n) is 13.0. The highest BCUT2D eigenvalue weighted by atomic mass is 16.3. The molecule has 0 spiro atoms. The Balaban J connectivity index is 2.04. The van der Waals surface area contributed by atoms with Gasteiger partial charge in [0.1, 0.15) is 5.82 Å². The lowest BCUT2D eigenvalue weighted by Crippen LogP contribution is -2.26. The molecule has 2 rings (SSSR count). The Morgan fingerprint density at radius 3 is 2.57 bits per heavy atom. The normalized spacial score (nSPS) is 12.2. The third-order valence-corrected chi connectivity index (χ3v) is 3.61. The van der Waals surface area contributed by atoms with E-state index in [9.17, 15) is 0 Å². The van der Waals surface area contributed by atoms with Gasteiger partial charge in [-0.3, -0.25) is 0 Å². The van der Waals surface area contributed by atoms with Crippen LogP contribution in [0.2, 0.25) is 0 Å². The van der Waals surface area contributed by atoms with Gasteiger partial charge >= 0.3 is 0 Å². The fourth-order valence-corrected chi connectivity index (χ4v) is 2.47. The van der Waals surface area contributed by atoms with Crippen LogP contribution >= 0.6 is 0 Å². The lowest BCUT2D eigenvalue weighted by atomic mass is 10.2. The van der Waals surface area contributed by atoms with Gasteiger partial charge in [0, 0.05) is 43.9 Å². The van der Waals surface area contributed by atoms with Gasteiger partial charge in [-0.1, -0.05) is 0 Å². The van der Waals surface area contributed by atoms with Crippen LogP contribution in [0.3, 0.4) is 0 Å². The minimum Gasteiger partial charge on any atom is -0.395 e. The van der Waals surface area contributed by atoms with E-state index in [1.807, 2.05) is 24.0 Å². The number of aliphatic hydroxyl groups is 1. The fourth-order valence-electron chi connectivity index (χ4n) is 2.47. The van der Waals surface area contributed by atoms with E-state index < -0.39 is 0 Å². The molecule has 21 heavy (non-hydrogen) atoms. The maximum absolute atomic E-state index is 9.07. The van der Waals surface area contributed by atoms with Crippen molar-refractivity contribution >= 4 is 11.4 Å². The van der Waals surface area contributed by atoms with Crippen LogP contribution in [0.1, 0.15) is 25.7 Å². The number of nitrogens with one attached hydrogen (secondary N) is 1. The molecular weight excluding hydrogens is 264 g/mol. The monoisotopic (exact) mass is 288 g/mol. The average Bonchev–Trinajstić information content (AvgIpc) is 2.92. The summed E-state index contributed by atoms with van der Waals surface area (Å²) in [5, 5.41) is 12.5. The van der Waals surface area contributed by atoms with Gasteiger partial charge in [0.25, 0.3) is 0 Å². The number of aliphatic hydroxyl groups excluding tert-OH is 1. The molecule has 1 aromatic heterocycles.